The molecule has 0 amide bonds. The average Bonchev–Trinajstić information content (AvgIpc) is 2.79. The van der Waals surface area contributed by atoms with Gasteiger partial charge >= 0.3 is 0 Å². The van der Waals surface area contributed by atoms with Crippen LogP contribution in [0.2, 0.25) is 0 Å². The molecule has 2 heterocycles. The molecule has 0 unspecified atom stereocenters. The predicted octanol–water partition coefficient (Wildman–Crippen LogP) is 1.52. The summed E-state index contributed by atoms with van der Waals surface area (Å²) in [5, 5.41) is 9.84. The molecule has 0 aliphatic carbocycles. The van der Waals surface area contributed by atoms with Gasteiger partial charge in [-0.2, -0.15) is 10.1 Å². The molecular weight excluding hydrogens is 218 g/mol. The van der Waals surface area contributed by atoms with Crippen molar-refractivity contribution in [3.05, 3.63) is 29.7 Å². The summed E-state index contributed by atoms with van der Waals surface area (Å²) in [6, 6.07) is 3.71. The topological polar surface area (TPSA) is 75.7 Å². The first kappa shape index (κ1) is 11.4. The van der Waals surface area contributed by atoms with Gasteiger partial charge in [0.05, 0.1) is 18.8 Å². The molecule has 0 radical (unpaired) electrons. The van der Waals surface area contributed by atoms with E-state index in [-0.39, 0.29) is 0 Å². The second-order valence-corrected chi connectivity index (χ2v) is 3.54. The molecule has 0 atom stereocenters. The first-order valence-corrected chi connectivity index (χ1v) is 5.48. The quantitative estimate of drug-likeness (QED) is 0.818. The molecule has 0 saturated heterocycles. The molecule has 90 valence electrons. The molecule has 0 bridgehead atoms. The highest BCUT2D eigenvalue weighted by molar-refractivity contribution is 5.31. The maximum atomic E-state index is 5.35. The predicted molar refractivity (Wildman–Crippen MR) is 63.9 cm³/mol. The second-order valence-electron chi connectivity index (χ2n) is 3.54. The highest BCUT2D eigenvalue weighted by Gasteiger charge is 2.02. The lowest BCUT2D eigenvalue weighted by Gasteiger charge is -2.07. The first-order valence-electron chi connectivity index (χ1n) is 5.48. The van der Waals surface area contributed by atoms with Gasteiger partial charge in [-0.3, -0.25) is 5.10 Å². The van der Waals surface area contributed by atoms with Gasteiger partial charge in [-0.05, 0) is 19.9 Å². The number of aryl methyl sites for hydroxylation is 1. The van der Waals surface area contributed by atoms with E-state index in [0.29, 0.717) is 25.0 Å². The highest BCUT2D eigenvalue weighted by atomic mass is 16.5. The zero-order valence-electron chi connectivity index (χ0n) is 9.90. The standard InChI is InChI=1S/C11H15N5O/c1-3-17-10-6-8(2)14-11(15-10)12-7-9-4-5-13-16-9/h4-6H,3,7H2,1-2H3,(H,13,16)(H,12,14,15). The summed E-state index contributed by atoms with van der Waals surface area (Å²) in [6.07, 6.45) is 1.71. The van der Waals surface area contributed by atoms with Crippen molar-refractivity contribution in [2.24, 2.45) is 0 Å². The zero-order chi connectivity index (χ0) is 12.1. The fourth-order valence-corrected chi connectivity index (χ4v) is 1.40. The highest BCUT2D eigenvalue weighted by Crippen LogP contribution is 2.12. The van der Waals surface area contributed by atoms with E-state index in [2.05, 4.69) is 25.5 Å². The van der Waals surface area contributed by atoms with Crippen molar-refractivity contribution < 1.29 is 4.74 Å². The summed E-state index contributed by atoms with van der Waals surface area (Å²) >= 11 is 0. The number of H-pyrrole nitrogens is 1. The van der Waals surface area contributed by atoms with Crippen molar-refractivity contribution in [3.8, 4) is 5.88 Å². The average molecular weight is 233 g/mol. The van der Waals surface area contributed by atoms with Crippen LogP contribution in [0.3, 0.4) is 0 Å². The normalized spacial score (nSPS) is 10.2. The molecule has 0 aliphatic heterocycles. The summed E-state index contributed by atoms with van der Waals surface area (Å²) in [4.78, 5) is 8.52. The van der Waals surface area contributed by atoms with Gasteiger partial charge in [-0.15, -0.1) is 0 Å². The Balaban J connectivity index is 2.04. The van der Waals surface area contributed by atoms with Crippen LogP contribution >= 0.6 is 0 Å². The Bertz CT molecular complexity index is 469. The van der Waals surface area contributed by atoms with Crippen LogP contribution in [-0.4, -0.2) is 26.8 Å². The third kappa shape index (κ3) is 3.17. The lowest BCUT2D eigenvalue weighted by molar-refractivity contribution is 0.326. The maximum absolute atomic E-state index is 5.35. The smallest absolute Gasteiger partial charge is 0.226 e. The molecule has 0 saturated carbocycles. The number of aromatic amines is 1. The van der Waals surface area contributed by atoms with E-state index < -0.39 is 0 Å². The van der Waals surface area contributed by atoms with Gasteiger partial charge in [-0.1, -0.05) is 0 Å². The Morgan fingerprint density at radius 3 is 3.00 bits per heavy atom. The van der Waals surface area contributed by atoms with Crippen LogP contribution in [0.5, 0.6) is 5.88 Å². The van der Waals surface area contributed by atoms with Crippen LogP contribution in [0.1, 0.15) is 18.3 Å². The van der Waals surface area contributed by atoms with Gasteiger partial charge in [-0.25, -0.2) is 4.98 Å². The van der Waals surface area contributed by atoms with E-state index >= 15 is 0 Å². The number of nitrogens with one attached hydrogen (secondary N) is 2. The van der Waals surface area contributed by atoms with Crippen molar-refractivity contribution in [2.45, 2.75) is 20.4 Å². The minimum Gasteiger partial charge on any atom is -0.478 e. The number of anilines is 1. The van der Waals surface area contributed by atoms with Crippen LogP contribution in [0, 0.1) is 6.92 Å². The minimum absolute atomic E-state index is 0.558. The number of ether oxygens (including phenoxy) is 1. The minimum atomic E-state index is 0.558. The van der Waals surface area contributed by atoms with Gasteiger partial charge in [0.15, 0.2) is 0 Å². The van der Waals surface area contributed by atoms with Crippen molar-refractivity contribution in [3.63, 3.8) is 0 Å². The molecule has 17 heavy (non-hydrogen) atoms. The molecule has 0 fully saturated rings. The fraction of sp³-hybridized carbons (Fsp3) is 0.364. The van der Waals surface area contributed by atoms with E-state index in [1.807, 2.05) is 26.0 Å². The van der Waals surface area contributed by atoms with E-state index in [1.165, 1.54) is 0 Å². The lowest BCUT2D eigenvalue weighted by atomic mass is 10.4. The largest absolute Gasteiger partial charge is 0.478 e. The molecule has 6 nitrogen and oxygen atoms in total. The van der Waals surface area contributed by atoms with Gasteiger partial charge in [0.25, 0.3) is 0 Å². The molecule has 2 aromatic heterocycles. The zero-order valence-corrected chi connectivity index (χ0v) is 9.90. The van der Waals surface area contributed by atoms with Crippen LogP contribution in [0.4, 0.5) is 5.95 Å². The number of rotatable bonds is 5. The summed E-state index contributed by atoms with van der Waals surface area (Å²) in [7, 11) is 0. The Morgan fingerprint density at radius 1 is 1.41 bits per heavy atom. The van der Waals surface area contributed by atoms with Gasteiger partial charge in [0, 0.05) is 18.0 Å². The van der Waals surface area contributed by atoms with Crippen molar-refractivity contribution in [2.75, 3.05) is 11.9 Å². The van der Waals surface area contributed by atoms with Gasteiger partial charge in [0.2, 0.25) is 11.8 Å². The van der Waals surface area contributed by atoms with E-state index in [4.69, 9.17) is 4.74 Å². The Hall–Kier alpha value is -2.11. The number of nitrogens with zero attached hydrogens (tertiary/aromatic N) is 3. The summed E-state index contributed by atoms with van der Waals surface area (Å²) in [5.74, 6) is 1.15. The number of hydrogen-bond donors (Lipinski definition) is 2. The van der Waals surface area contributed by atoms with Crippen LogP contribution < -0.4 is 10.1 Å². The third-order valence-corrected chi connectivity index (χ3v) is 2.12. The second kappa shape index (κ2) is 5.29. The van der Waals surface area contributed by atoms with E-state index in [0.717, 1.165) is 11.4 Å². The maximum Gasteiger partial charge on any atom is 0.226 e. The summed E-state index contributed by atoms with van der Waals surface area (Å²) < 4.78 is 5.35. The van der Waals surface area contributed by atoms with Crippen LogP contribution in [0.15, 0.2) is 18.3 Å². The Morgan fingerprint density at radius 2 is 2.29 bits per heavy atom. The van der Waals surface area contributed by atoms with E-state index in [9.17, 15) is 0 Å². The fourth-order valence-electron chi connectivity index (χ4n) is 1.40. The Kier molecular flexibility index (Phi) is 3.54. The molecule has 0 aromatic carbocycles. The Labute approximate surface area is 99.4 Å². The summed E-state index contributed by atoms with van der Waals surface area (Å²) in [6.45, 7) is 5.03. The SMILES string of the molecule is CCOc1cc(C)nc(NCc2ccn[nH]2)n1. The number of aromatic nitrogens is 4. The first-order chi connectivity index (χ1) is 8.28. The van der Waals surface area contributed by atoms with E-state index in [1.54, 1.807) is 6.20 Å². The molecule has 2 rings (SSSR count). The molecule has 0 spiro atoms. The monoisotopic (exact) mass is 233 g/mol. The molecule has 2 aromatic rings. The van der Waals surface area contributed by atoms with Crippen molar-refractivity contribution in [1.82, 2.24) is 20.2 Å². The van der Waals surface area contributed by atoms with Crippen LogP contribution in [-0.2, 0) is 6.54 Å². The summed E-state index contributed by atoms with van der Waals surface area (Å²) in [5.41, 5.74) is 1.85. The van der Waals surface area contributed by atoms with Gasteiger partial charge < -0.3 is 10.1 Å². The lowest BCUT2D eigenvalue weighted by Crippen LogP contribution is -2.06. The molecule has 0 aliphatic rings. The molecule has 6 heteroatoms. The third-order valence-electron chi connectivity index (χ3n) is 2.12. The van der Waals surface area contributed by atoms with Crippen molar-refractivity contribution >= 4 is 5.95 Å². The van der Waals surface area contributed by atoms with Crippen molar-refractivity contribution in [1.29, 1.82) is 0 Å². The van der Waals surface area contributed by atoms with Crippen LogP contribution in [0.25, 0.3) is 0 Å². The molecule has 2 N–H and O–H groups in total. The number of hydrogen-bond acceptors (Lipinski definition) is 5. The van der Waals surface area contributed by atoms with Gasteiger partial charge in [0.1, 0.15) is 0 Å². The molecular formula is C11H15N5O.